The van der Waals surface area contributed by atoms with Crippen LogP contribution in [0, 0.1) is 0 Å². The summed E-state index contributed by atoms with van der Waals surface area (Å²) < 4.78 is 35.4. The van der Waals surface area contributed by atoms with E-state index in [9.17, 15) is 18.3 Å². The average Bonchev–Trinajstić information content (AvgIpc) is 2.48. The van der Waals surface area contributed by atoms with Crippen molar-refractivity contribution in [3.63, 3.8) is 0 Å². The number of hydrogen-bond acceptors (Lipinski definition) is 2. The number of aliphatic hydroxyl groups excluding tert-OH is 1. The first-order valence-corrected chi connectivity index (χ1v) is 5.71. The van der Waals surface area contributed by atoms with Crippen LogP contribution in [0.5, 0.6) is 0 Å². The summed E-state index contributed by atoms with van der Waals surface area (Å²) in [6.07, 6.45) is -4.24. The predicted molar refractivity (Wildman–Crippen MR) is 51.4 cm³/mol. The van der Waals surface area contributed by atoms with E-state index in [-0.39, 0.29) is 11.2 Å². The number of rotatable bonds is 3. The normalized spacial score (nSPS) is 30.6. The molecule has 1 aliphatic rings. The van der Waals surface area contributed by atoms with Crippen LogP contribution in [0.15, 0.2) is 0 Å². The lowest BCUT2D eigenvalue weighted by atomic mass is 9.95. The molecule has 0 saturated carbocycles. The first-order valence-electron chi connectivity index (χ1n) is 4.72. The lowest BCUT2D eigenvalue weighted by molar-refractivity contribution is -0.140. The van der Waals surface area contributed by atoms with Crippen molar-refractivity contribution in [2.75, 3.05) is 5.75 Å². The summed E-state index contributed by atoms with van der Waals surface area (Å²) in [5.74, 6) is 0.944. The molecule has 1 saturated heterocycles. The van der Waals surface area contributed by atoms with E-state index in [1.807, 2.05) is 6.92 Å². The Kier molecular flexibility index (Phi) is 3.75. The fourth-order valence-corrected chi connectivity index (χ4v) is 3.02. The molecule has 0 radical (unpaired) electrons. The van der Waals surface area contributed by atoms with Gasteiger partial charge in [0.1, 0.15) is 0 Å². The summed E-state index contributed by atoms with van der Waals surface area (Å²) in [7, 11) is 0. The molecule has 14 heavy (non-hydrogen) atoms. The van der Waals surface area contributed by atoms with Gasteiger partial charge >= 0.3 is 6.18 Å². The molecule has 0 aromatic heterocycles. The van der Waals surface area contributed by atoms with Gasteiger partial charge in [-0.05, 0) is 31.9 Å². The molecule has 0 spiro atoms. The fourth-order valence-electron chi connectivity index (χ4n) is 1.67. The van der Waals surface area contributed by atoms with Gasteiger partial charge in [0.25, 0.3) is 0 Å². The predicted octanol–water partition coefficient (Wildman–Crippen LogP) is 2.98. The standard InChI is InChI=1S/C9H15F3OS/c1-8(4-2-6-14-8)7(13)3-5-9(10,11)12/h7,13H,2-6H2,1H3. The van der Waals surface area contributed by atoms with Crippen LogP contribution in [0.3, 0.4) is 0 Å². The van der Waals surface area contributed by atoms with Crippen LogP contribution in [-0.4, -0.2) is 27.9 Å². The molecule has 1 aliphatic heterocycles. The molecule has 0 bridgehead atoms. The molecule has 2 atom stereocenters. The molecule has 84 valence electrons. The highest BCUT2D eigenvalue weighted by molar-refractivity contribution is 8.00. The second-order valence-electron chi connectivity index (χ2n) is 3.93. The van der Waals surface area contributed by atoms with E-state index in [0.717, 1.165) is 18.6 Å². The van der Waals surface area contributed by atoms with Crippen LogP contribution in [0.4, 0.5) is 13.2 Å². The molecule has 1 rings (SSSR count). The number of halogens is 3. The van der Waals surface area contributed by atoms with Crippen LogP contribution >= 0.6 is 11.8 Å². The van der Waals surface area contributed by atoms with Crippen molar-refractivity contribution < 1.29 is 18.3 Å². The summed E-state index contributed by atoms with van der Waals surface area (Å²) in [6, 6.07) is 0. The van der Waals surface area contributed by atoms with E-state index in [0.29, 0.717) is 0 Å². The summed E-state index contributed by atoms with van der Waals surface area (Å²) >= 11 is 1.59. The maximum Gasteiger partial charge on any atom is 0.389 e. The van der Waals surface area contributed by atoms with E-state index < -0.39 is 18.7 Å². The van der Waals surface area contributed by atoms with Crippen molar-refractivity contribution in [2.45, 2.75) is 49.6 Å². The molecule has 1 nitrogen and oxygen atoms in total. The quantitative estimate of drug-likeness (QED) is 0.801. The molecule has 0 aromatic carbocycles. The maximum absolute atomic E-state index is 11.9. The second kappa shape index (κ2) is 4.31. The number of thioether (sulfide) groups is 1. The largest absolute Gasteiger partial charge is 0.392 e. The van der Waals surface area contributed by atoms with Gasteiger partial charge in [-0.15, -0.1) is 0 Å². The third-order valence-electron chi connectivity index (χ3n) is 2.66. The van der Waals surface area contributed by atoms with Crippen LogP contribution in [0.2, 0.25) is 0 Å². The van der Waals surface area contributed by atoms with Crippen molar-refractivity contribution in [1.82, 2.24) is 0 Å². The molecule has 1 N–H and O–H groups in total. The van der Waals surface area contributed by atoms with Gasteiger partial charge in [-0.1, -0.05) is 0 Å². The monoisotopic (exact) mass is 228 g/mol. The second-order valence-corrected chi connectivity index (χ2v) is 5.56. The molecule has 1 heterocycles. The van der Waals surface area contributed by atoms with E-state index in [4.69, 9.17) is 0 Å². The minimum atomic E-state index is -4.15. The summed E-state index contributed by atoms with van der Waals surface area (Å²) in [5, 5.41) is 9.65. The Hall–Kier alpha value is 0.100. The van der Waals surface area contributed by atoms with Crippen molar-refractivity contribution in [2.24, 2.45) is 0 Å². The third-order valence-corrected chi connectivity index (χ3v) is 4.28. The zero-order valence-electron chi connectivity index (χ0n) is 8.10. The molecule has 5 heteroatoms. The lowest BCUT2D eigenvalue weighted by Crippen LogP contribution is -2.34. The minimum Gasteiger partial charge on any atom is -0.392 e. The summed E-state index contributed by atoms with van der Waals surface area (Å²) in [4.78, 5) is 0. The minimum absolute atomic E-state index is 0.174. The number of aliphatic hydroxyl groups is 1. The Labute approximate surface area is 86.1 Å². The molecular formula is C9H15F3OS. The molecular weight excluding hydrogens is 213 g/mol. The Bertz CT molecular complexity index is 187. The fraction of sp³-hybridized carbons (Fsp3) is 1.00. The Balaban J connectivity index is 2.37. The molecule has 2 unspecified atom stereocenters. The Morgan fingerprint density at radius 3 is 2.57 bits per heavy atom. The Morgan fingerprint density at radius 2 is 2.14 bits per heavy atom. The van der Waals surface area contributed by atoms with Gasteiger partial charge in [0.15, 0.2) is 0 Å². The summed E-state index contributed by atoms with van der Waals surface area (Å²) in [6.45, 7) is 1.85. The van der Waals surface area contributed by atoms with Crippen molar-refractivity contribution in [1.29, 1.82) is 0 Å². The smallest absolute Gasteiger partial charge is 0.389 e. The zero-order chi connectivity index (χ0) is 10.8. The van der Waals surface area contributed by atoms with Crippen molar-refractivity contribution in [3.05, 3.63) is 0 Å². The van der Waals surface area contributed by atoms with Gasteiger partial charge in [0, 0.05) is 11.2 Å². The van der Waals surface area contributed by atoms with Gasteiger partial charge < -0.3 is 5.11 Å². The van der Waals surface area contributed by atoms with E-state index in [1.165, 1.54) is 0 Å². The van der Waals surface area contributed by atoms with Crippen molar-refractivity contribution >= 4 is 11.8 Å². The SMILES string of the molecule is CC1(C(O)CCC(F)(F)F)CCCS1. The van der Waals surface area contributed by atoms with Gasteiger partial charge in [-0.2, -0.15) is 24.9 Å². The first-order chi connectivity index (χ1) is 6.33. The highest BCUT2D eigenvalue weighted by atomic mass is 32.2. The number of hydrogen-bond donors (Lipinski definition) is 1. The van der Waals surface area contributed by atoms with Gasteiger partial charge in [0.05, 0.1) is 6.10 Å². The average molecular weight is 228 g/mol. The van der Waals surface area contributed by atoms with E-state index >= 15 is 0 Å². The van der Waals surface area contributed by atoms with Crippen LogP contribution < -0.4 is 0 Å². The van der Waals surface area contributed by atoms with Gasteiger partial charge in [-0.3, -0.25) is 0 Å². The Morgan fingerprint density at radius 1 is 1.50 bits per heavy atom. The summed E-state index contributed by atoms with van der Waals surface area (Å²) in [5.41, 5.74) is 0. The van der Waals surface area contributed by atoms with E-state index in [2.05, 4.69) is 0 Å². The van der Waals surface area contributed by atoms with Crippen LogP contribution in [0.25, 0.3) is 0 Å². The topological polar surface area (TPSA) is 20.2 Å². The van der Waals surface area contributed by atoms with E-state index in [1.54, 1.807) is 11.8 Å². The van der Waals surface area contributed by atoms with Crippen molar-refractivity contribution in [3.8, 4) is 0 Å². The third kappa shape index (κ3) is 3.35. The maximum atomic E-state index is 11.9. The molecule has 0 aromatic rings. The first kappa shape index (κ1) is 12.2. The highest BCUT2D eigenvalue weighted by Gasteiger charge is 2.39. The van der Waals surface area contributed by atoms with Crippen LogP contribution in [0.1, 0.15) is 32.6 Å². The lowest BCUT2D eigenvalue weighted by Gasteiger charge is -2.29. The number of alkyl halides is 3. The van der Waals surface area contributed by atoms with Gasteiger partial charge in [-0.25, -0.2) is 0 Å². The highest BCUT2D eigenvalue weighted by Crippen LogP contribution is 2.42. The molecule has 0 aliphatic carbocycles. The molecule has 1 fully saturated rings. The molecule has 0 amide bonds. The van der Waals surface area contributed by atoms with Crippen LogP contribution in [-0.2, 0) is 0 Å². The zero-order valence-corrected chi connectivity index (χ0v) is 8.92. The van der Waals surface area contributed by atoms with Gasteiger partial charge in [0.2, 0.25) is 0 Å².